The lowest BCUT2D eigenvalue weighted by Crippen LogP contribution is -2.20. The molecular formula is C16H14N4O2S. The number of urea groups is 1. The van der Waals surface area contributed by atoms with Crippen LogP contribution in [0.15, 0.2) is 54.0 Å². The maximum atomic E-state index is 11.9. The van der Waals surface area contributed by atoms with E-state index in [4.69, 9.17) is 4.74 Å². The second-order valence-electron chi connectivity index (χ2n) is 4.56. The molecule has 0 aliphatic heterocycles. The average Bonchev–Trinajstić information content (AvgIpc) is 3.04. The summed E-state index contributed by atoms with van der Waals surface area (Å²) >= 11 is 1.45. The molecule has 0 spiro atoms. The highest BCUT2D eigenvalue weighted by Crippen LogP contribution is 2.28. The van der Waals surface area contributed by atoms with Crippen LogP contribution in [-0.2, 0) is 0 Å². The molecule has 6 nitrogen and oxygen atoms in total. The summed E-state index contributed by atoms with van der Waals surface area (Å²) in [6.45, 7) is 0. The highest BCUT2D eigenvalue weighted by Gasteiger charge is 2.09. The van der Waals surface area contributed by atoms with E-state index < -0.39 is 0 Å². The number of aromatic nitrogens is 2. The second-order valence-corrected chi connectivity index (χ2v) is 5.42. The van der Waals surface area contributed by atoms with Crippen LogP contribution in [0, 0.1) is 0 Å². The van der Waals surface area contributed by atoms with Gasteiger partial charge in [-0.15, -0.1) is 11.3 Å². The van der Waals surface area contributed by atoms with E-state index in [9.17, 15) is 4.79 Å². The van der Waals surface area contributed by atoms with Gasteiger partial charge in [-0.2, -0.15) is 0 Å². The Bertz CT molecular complexity index is 805. The van der Waals surface area contributed by atoms with Crippen LogP contribution in [0.4, 0.5) is 16.4 Å². The fourth-order valence-electron chi connectivity index (χ4n) is 1.92. The zero-order valence-corrected chi connectivity index (χ0v) is 13.1. The Hall–Kier alpha value is -2.93. The number of amides is 2. The molecule has 23 heavy (non-hydrogen) atoms. The van der Waals surface area contributed by atoms with Gasteiger partial charge in [0.15, 0.2) is 0 Å². The summed E-state index contributed by atoms with van der Waals surface area (Å²) in [6.07, 6.45) is 1.61. The Morgan fingerprint density at radius 3 is 2.78 bits per heavy atom. The van der Waals surface area contributed by atoms with E-state index in [-0.39, 0.29) is 6.03 Å². The van der Waals surface area contributed by atoms with Crippen molar-refractivity contribution in [2.75, 3.05) is 17.7 Å². The first-order valence-electron chi connectivity index (χ1n) is 6.83. The number of ether oxygens (including phenoxy) is 1. The molecule has 7 heteroatoms. The molecule has 116 valence electrons. The molecule has 0 saturated heterocycles. The van der Waals surface area contributed by atoms with Crippen LogP contribution in [0.3, 0.4) is 0 Å². The molecule has 2 aromatic heterocycles. The highest BCUT2D eigenvalue weighted by atomic mass is 32.1. The van der Waals surface area contributed by atoms with Crippen molar-refractivity contribution in [2.45, 2.75) is 0 Å². The van der Waals surface area contributed by atoms with E-state index >= 15 is 0 Å². The van der Waals surface area contributed by atoms with Gasteiger partial charge in [-0.05, 0) is 24.3 Å². The highest BCUT2D eigenvalue weighted by molar-refractivity contribution is 7.13. The molecule has 2 heterocycles. The molecule has 2 amide bonds. The van der Waals surface area contributed by atoms with Crippen LogP contribution in [0.1, 0.15) is 0 Å². The quantitative estimate of drug-likeness (QED) is 0.763. The Morgan fingerprint density at radius 1 is 1.13 bits per heavy atom. The van der Waals surface area contributed by atoms with Crippen LogP contribution >= 0.6 is 11.3 Å². The summed E-state index contributed by atoms with van der Waals surface area (Å²) in [5.74, 6) is 1.73. The van der Waals surface area contributed by atoms with E-state index in [1.165, 1.54) is 11.3 Å². The first-order valence-corrected chi connectivity index (χ1v) is 7.71. The van der Waals surface area contributed by atoms with Gasteiger partial charge >= 0.3 is 6.03 Å². The van der Waals surface area contributed by atoms with Gasteiger partial charge in [0.1, 0.15) is 22.4 Å². The Labute approximate surface area is 137 Å². The molecule has 3 rings (SSSR count). The van der Waals surface area contributed by atoms with Gasteiger partial charge in [-0.25, -0.2) is 14.8 Å². The molecule has 0 unspecified atom stereocenters. The molecule has 0 aliphatic rings. The minimum absolute atomic E-state index is 0.383. The number of rotatable bonds is 4. The van der Waals surface area contributed by atoms with Gasteiger partial charge in [-0.3, -0.25) is 10.6 Å². The zero-order valence-electron chi connectivity index (χ0n) is 12.3. The Morgan fingerprint density at radius 2 is 2.00 bits per heavy atom. The maximum absolute atomic E-state index is 11.9. The first-order chi connectivity index (χ1) is 11.2. The average molecular weight is 326 g/mol. The predicted octanol–water partition coefficient (Wildman–Crippen LogP) is 3.86. The summed E-state index contributed by atoms with van der Waals surface area (Å²) in [5, 5.41) is 7.92. The van der Waals surface area contributed by atoms with Crippen molar-refractivity contribution < 1.29 is 9.53 Å². The van der Waals surface area contributed by atoms with Gasteiger partial charge in [-0.1, -0.05) is 18.2 Å². The SMILES string of the molecule is COc1cccc(-c2nc(NC(=O)Nc3ccccn3)cs2)c1. The van der Waals surface area contributed by atoms with Crippen molar-refractivity contribution in [3.8, 4) is 16.3 Å². The fraction of sp³-hybridized carbons (Fsp3) is 0.0625. The van der Waals surface area contributed by atoms with Crippen molar-refractivity contribution in [2.24, 2.45) is 0 Å². The molecule has 1 aromatic carbocycles. The minimum atomic E-state index is -0.383. The lowest BCUT2D eigenvalue weighted by Gasteiger charge is -2.04. The number of benzene rings is 1. The fourth-order valence-corrected chi connectivity index (χ4v) is 2.67. The van der Waals surface area contributed by atoms with Crippen LogP contribution in [0.5, 0.6) is 5.75 Å². The van der Waals surface area contributed by atoms with Gasteiger partial charge < -0.3 is 4.74 Å². The third-order valence-corrected chi connectivity index (χ3v) is 3.86. The van der Waals surface area contributed by atoms with Crippen LogP contribution in [-0.4, -0.2) is 23.1 Å². The van der Waals surface area contributed by atoms with Crippen molar-refractivity contribution in [3.63, 3.8) is 0 Å². The van der Waals surface area contributed by atoms with Crippen LogP contribution < -0.4 is 15.4 Å². The van der Waals surface area contributed by atoms with Crippen LogP contribution in [0.25, 0.3) is 10.6 Å². The molecule has 0 bridgehead atoms. The number of carbonyl (C=O) groups excluding carboxylic acids is 1. The topological polar surface area (TPSA) is 76.1 Å². The Balaban J connectivity index is 1.68. The van der Waals surface area contributed by atoms with E-state index in [0.717, 1.165) is 16.3 Å². The minimum Gasteiger partial charge on any atom is -0.497 e. The van der Waals surface area contributed by atoms with E-state index in [0.29, 0.717) is 11.6 Å². The van der Waals surface area contributed by atoms with E-state index in [2.05, 4.69) is 20.6 Å². The number of thiazole rings is 1. The number of nitrogens with zero attached hydrogens (tertiary/aromatic N) is 2. The summed E-state index contributed by atoms with van der Waals surface area (Å²) < 4.78 is 5.20. The maximum Gasteiger partial charge on any atom is 0.326 e. The number of carbonyl (C=O) groups is 1. The number of pyridine rings is 1. The molecule has 0 atom stereocenters. The predicted molar refractivity (Wildman–Crippen MR) is 91.0 cm³/mol. The number of hydrogen-bond acceptors (Lipinski definition) is 5. The molecule has 0 saturated carbocycles. The van der Waals surface area contributed by atoms with E-state index in [1.54, 1.807) is 36.9 Å². The third kappa shape index (κ3) is 3.83. The lowest BCUT2D eigenvalue weighted by molar-refractivity contribution is 0.262. The normalized spacial score (nSPS) is 10.1. The monoisotopic (exact) mass is 326 g/mol. The third-order valence-electron chi connectivity index (χ3n) is 2.97. The zero-order chi connectivity index (χ0) is 16.1. The van der Waals surface area contributed by atoms with Crippen molar-refractivity contribution in [3.05, 3.63) is 54.0 Å². The first kappa shape index (κ1) is 15.0. The summed E-state index contributed by atoms with van der Waals surface area (Å²) in [4.78, 5) is 20.3. The molecule has 0 aliphatic carbocycles. The van der Waals surface area contributed by atoms with Gasteiger partial charge in [0.25, 0.3) is 0 Å². The lowest BCUT2D eigenvalue weighted by atomic mass is 10.2. The number of hydrogen-bond donors (Lipinski definition) is 2. The summed E-state index contributed by atoms with van der Waals surface area (Å²) in [6, 6.07) is 12.5. The molecule has 3 aromatic rings. The summed E-state index contributed by atoms with van der Waals surface area (Å²) in [5.41, 5.74) is 0.938. The second kappa shape index (κ2) is 6.89. The number of anilines is 2. The number of methoxy groups -OCH3 is 1. The smallest absolute Gasteiger partial charge is 0.326 e. The van der Waals surface area contributed by atoms with Gasteiger partial charge in [0.05, 0.1) is 7.11 Å². The molecule has 0 radical (unpaired) electrons. The molecule has 0 fully saturated rings. The Kier molecular flexibility index (Phi) is 4.49. The van der Waals surface area contributed by atoms with Crippen LogP contribution in [0.2, 0.25) is 0 Å². The van der Waals surface area contributed by atoms with Gasteiger partial charge in [0, 0.05) is 17.1 Å². The van der Waals surface area contributed by atoms with Crippen molar-refractivity contribution in [1.29, 1.82) is 0 Å². The van der Waals surface area contributed by atoms with Gasteiger partial charge in [0.2, 0.25) is 0 Å². The molecular weight excluding hydrogens is 312 g/mol. The van der Waals surface area contributed by atoms with Crippen molar-refractivity contribution >= 4 is 29.0 Å². The van der Waals surface area contributed by atoms with E-state index in [1.807, 2.05) is 24.3 Å². The number of nitrogens with one attached hydrogen (secondary N) is 2. The molecule has 2 N–H and O–H groups in total. The summed E-state index contributed by atoms with van der Waals surface area (Å²) in [7, 11) is 1.62. The largest absolute Gasteiger partial charge is 0.497 e. The van der Waals surface area contributed by atoms with Crippen molar-refractivity contribution in [1.82, 2.24) is 9.97 Å². The standard InChI is InChI=1S/C16H14N4O2S/c1-22-12-6-4-5-11(9-12)15-18-14(10-23-15)20-16(21)19-13-7-2-3-8-17-13/h2-10H,1H3,(H2,17,19,20,21).